The van der Waals surface area contributed by atoms with E-state index in [0.717, 1.165) is 25.5 Å². The summed E-state index contributed by atoms with van der Waals surface area (Å²) >= 11 is 5.67. The lowest BCUT2D eigenvalue weighted by atomic mass is 10.0. The van der Waals surface area contributed by atoms with E-state index in [9.17, 15) is 13.2 Å². The maximum Gasteiger partial charge on any atom is 0.289 e. The van der Waals surface area contributed by atoms with Gasteiger partial charge in [-0.15, -0.1) is 0 Å². The molecular weight excluding hydrogens is 304 g/mol. The summed E-state index contributed by atoms with van der Waals surface area (Å²) < 4.78 is 29.9. The van der Waals surface area contributed by atoms with Crippen LogP contribution >= 0.6 is 11.6 Å². The van der Waals surface area contributed by atoms with Crippen molar-refractivity contribution >= 4 is 27.5 Å². The molecule has 0 bridgehead atoms. The van der Waals surface area contributed by atoms with Crippen LogP contribution in [0.2, 0.25) is 5.22 Å². The zero-order valence-corrected chi connectivity index (χ0v) is 12.7. The third-order valence-electron chi connectivity index (χ3n) is 3.25. The monoisotopic (exact) mass is 320 g/mol. The standard InChI is InChI=1S/C12H17ClN2O4S/c1-20(17,18)14-8-9-4-2-3-7-15(9)12(16)10-5-6-11(13)19-10/h5-6,9,14H,2-4,7-8H2,1H3. The van der Waals surface area contributed by atoms with E-state index in [0.29, 0.717) is 6.54 Å². The Morgan fingerprint density at radius 1 is 1.50 bits per heavy atom. The molecule has 20 heavy (non-hydrogen) atoms. The molecule has 6 nitrogen and oxygen atoms in total. The summed E-state index contributed by atoms with van der Waals surface area (Å²) in [5, 5.41) is 0.163. The zero-order chi connectivity index (χ0) is 14.8. The number of furan rings is 1. The van der Waals surface area contributed by atoms with Crippen molar-refractivity contribution < 1.29 is 17.6 Å². The van der Waals surface area contributed by atoms with Crippen LogP contribution in [0.4, 0.5) is 0 Å². The SMILES string of the molecule is CS(=O)(=O)NCC1CCCCN1C(=O)c1ccc(Cl)o1. The molecule has 1 N–H and O–H groups in total. The van der Waals surface area contributed by atoms with Crippen LogP contribution in [0.1, 0.15) is 29.8 Å². The Labute approximate surface area is 123 Å². The van der Waals surface area contributed by atoms with Crippen molar-refractivity contribution in [2.45, 2.75) is 25.3 Å². The van der Waals surface area contributed by atoms with Crippen LogP contribution in [-0.2, 0) is 10.0 Å². The molecule has 1 saturated heterocycles. The number of carbonyl (C=O) groups excluding carboxylic acids is 1. The van der Waals surface area contributed by atoms with Crippen LogP contribution in [0, 0.1) is 0 Å². The fourth-order valence-electron chi connectivity index (χ4n) is 2.30. The lowest BCUT2D eigenvalue weighted by molar-refractivity contribution is 0.0586. The summed E-state index contributed by atoms with van der Waals surface area (Å²) in [6.45, 7) is 0.812. The summed E-state index contributed by atoms with van der Waals surface area (Å²) in [6, 6.07) is 2.89. The number of likely N-dealkylation sites (tertiary alicyclic amines) is 1. The maximum atomic E-state index is 12.3. The van der Waals surface area contributed by atoms with Gasteiger partial charge < -0.3 is 9.32 Å². The molecule has 1 aromatic heterocycles. The molecule has 0 saturated carbocycles. The van der Waals surface area contributed by atoms with Crippen molar-refractivity contribution in [1.82, 2.24) is 9.62 Å². The Kier molecular flexibility index (Phi) is 4.72. The molecule has 1 aliphatic heterocycles. The fraction of sp³-hybridized carbons (Fsp3) is 0.583. The molecule has 1 unspecified atom stereocenters. The van der Waals surface area contributed by atoms with Gasteiger partial charge in [-0.05, 0) is 43.0 Å². The number of piperidine rings is 1. The van der Waals surface area contributed by atoms with Gasteiger partial charge >= 0.3 is 0 Å². The number of hydrogen-bond acceptors (Lipinski definition) is 4. The first-order valence-corrected chi connectivity index (χ1v) is 8.65. The van der Waals surface area contributed by atoms with E-state index in [2.05, 4.69) is 4.72 Å². The first kappa shape index (κ1) is 15.3. The van der Waals surface area contributed by atoms with Crippen LogP contribution < -0.4 is 4.72 Å². The van der Waals surface area contributed by atoms with Crippen molar-refractivity contribution in [3.63, 3.8) is 0 Å². The van der Waals surface area contributed by atoms with Crippen molar-refractivity contribution in [3.8, 4) is 0 Å². The molecule has 0 radical (unpaired) electrons. The van der Waals surface area contributed by atoms with Gasteiger partial charge in [0.25, 0.3) is 5.91 Å². The van der Waals surface area contributed by atoms with Crippen molar-refractivity contribution in [1.29, 1.82) is 0 Å². The highest BCUT2D eigenvalue weighted by Crippen LogP contribution is 2.21. The second kappa shape index (κ2) is 6.15. The molecule has 1 aliphatic rings. The minimum Gasteiger partial charge on any atom is -0.440 e. The van der Waals surface area contributed by atoms with Gasteiger partial charge in [-0.3, -0.25) is 4.79 Å². The average Bonchev–Trinajstić information content (AvgIpc) is 2.82. The first-order valence-electron chi connectivity index (χ1n) is 6.38. The predicted molar refractivity (Wildman–Crippen MR) is 75.2 cm³/mol. The van der Waals surface area contributed by atoms with Gasteiger partial charge in [0.15, 0.2) is 11.0 Å². The van der Waals surface area contributed by atoms with E-state index in [1.807, 2.05) is 0 Å². The molecule has 1 amide bonds. The Morgan fingerprint density at radius 2 is 2.25 bits per heavy atom. The smallest absolute Gasteiger partial charge is 0.289 e. The van der Waals surface area contributed by atoms with E-state index < -0.39 is 10.0 Å². The maximum absolute atomic E-state index is 12.3. The van der Waals surface area contributed by atoms with E-state index in [4.69, 9.17) is 16.0 Å². The van der Waals surface area contributed by atoms with Gasteiger partial charge in [0.05, 0.1) is 6.26 Å². The first-order chi connectivity index (χ1) is 9.37. The average molecular weight is 321 g/mol. The summed E-state index contributed by atoms with van der Waals surface area (Å²) in [5.41, 5.74) is 0. The molecule has 2 rings (SSSR count). The largest absolute Gasteiger partial charge is 0.440 e. The third-order valence-corrected chi connectivity index (χ3v) is 4.15. The molecule has 0 aromatic carbocycles. The number of amides is 1. The Hall–Kier alpha value is -1.05. The molecule has 2 heterocycles. The lowest BCUT2D eigenvalue weighted by Gasteiger charge is -2.35. The molecular formula is C12H17ClN2O4S. The number of nitrogens with one attached hydrogen (secondary N) is 1. The number of sulfonamides is 1. The van der Waals surface area contributed by atoms with Gasteiger partial charge in [0.2, 0.25) is 10.0 Å². The number of hydrogen-bond donors (Lipinski definition) is 1. The molecule has 1 aromatic rings. The second-order valence-electron chi connectivity index (χ2n) is 4.87. The molecule has 0 spiro atoms. The van der Waals surface area contributed by atoms with Crippen molar-refractivity contribution in [3.05, 3.63) is 23.1 Å². The second-order valence-corrected chi connectivity index (χ2v) is 7.08. The zero-order valence-electron chi connectivity index (χ0n) is 11.1. The van der Waals surface area contributed by atoms with Crippen LogP contribution in [0.15, 0.2) is 16.5 Å². The fourth-order valence-corrected chi connectivity index (χ4v) is 2.94. The Bertz CT molecular complexity index is 584. The van der Waals surface area contributed by atoms with Crippen LogP contribution in [0.5, 0.6) is 0 Å². The molecule has 1 atom stereocenters. The predicted octanol–water partition coefficient (Wildman–Crippen LogP) is 1.48. The molecule has 112 valence electrons. The lowest BCUT2D eigenvalue weighted by Crippen LogP contribution is -2.49. The number of nitrogens with zero attached hydrogens (tertiary/aromatic N) is 1. The number of carbonyl (C=O) groups is 1. The normalized spacial score (nSPS) is 20.1. The summed E-state index contributed by atoms with van der Waals surface area (Å²) in [6.07, 6.45) is 3.74. The molecule has 8 heteroatoms. The number of rotatable bonds is 4. The van der Waals surface area contributed by atoms with Crippen LogP contribution in [-0.4, -0.2) is 44.6 Å². The van der Waals surface area contributed by atoms with Crippen LogP contribution in [0.3, 0.4) is 0 Å². The molecule has 0 aliphatic carbocycles. The van der Waals surface area contributed by atoms with Gasteiger partial charge in [0, 0.05) is 19.1 Å². The van der Waals surface area contributed by atoms with E-state index >= 15 is 0 Å². The minimum absolute atomic E-state index is 0.158. The highest BCUT2D eigenvalue weighted by Gasteiger charge is 2.29. The van der Waals surface area contributed by atoms with Gasteiger partial charge in [-0.2, -0.15) is 0 Å². The highest BCUT2D eigenvalue weighted by molar-refractivity contribution is 7.88. The summed E-state index contributed by atoms with van der Waals surface area (Å²) in [5.74, 6) is -0.0712. The quantitative estimate of drug-likeness (QED) is 0.911. The topological polar surface area (TPSA) is 79.6 Å². The third kappa shape index (κ3) is 3.97. The van der Waals surface area contributed by atoms with Crippen LogP contribution in [0.25, 0.3) is 0 Å². The molecule has 1 fully saturated rings. The van der Waals surface area contributed by atoms with E-state index in [1.165, 1.54) is 12.1 Å². The Morgan fingerprint density at radius 3 is 2.85 bits per heavy atom. The summed E-state index contributed by atoms with van der Waals surface area (Å²) in [4.78, 5) is 14.0. The van der Waals surface area contributed by atoms with Crippen molar-refractivity contribution in [2.24, 2.45) is 0 Å². The van der Waals surface area contributed by atoms with Gasteiger partial charge in [-0.1, -0.05) is 0 Å². The van der Waals surface area contributed by atoms with E-state index in [1.54, 1.807) is 4.90 Å². The van der Waals surface area contributed by atoms with Crippen molar-refractivity contribution in [2.75, 3.05) is 19.3 Å². The van der Waals surface area contributed by atoms with E-state index in [-0.39, 0.29) is 29.5 Å². The van der Waals surface area contributed by atoms with Gasteiger partial charge in [0.1, 0.15) is 0 Å². The highest BCUT2D eigenvalue weighted by atomic mass is 35.5. The minimum atomic E-state index is -3.27. The summed E-state index contributed by atoms with van der Waals surface area (Å²) in [7, 11) is -3.27. The number of halogens is 1. The Balaban J connectivity index is 2.08. The van der Waals surface area contributed by atoms with Gasteiger partial charge in [-0.25, -0.2) is 13.1 Å².